The monoisotopic (exact) mass is 237 g/mol. The first-order valence-electron chi connectivity index (χ1n) is 6.08. The fraction of sp³-hybridized carbons (Fsp3) is 0.429. The van der Waals surface area contributed by atoms with Crippen LogP contribution < -0.4 is 5.73 Å². The first-order valence-corrected chi connectivity index (χ1v) is 6.08. The van der Waals surface area contributed by atoms with Gasteiger partial charge in [0.15, 0.2) is 0 Å². The molecule has 0 bridgehead atoms. The van der Waals surface area contributed by atoms with Gasteiger partial charge in [-0.25, -0.2) is 8.78 Å². The molecule has 1 atom stereocenters. The van der Waals surface area contributed by atoms with Gasteiger partial charge in [-0.1, -0.05) is 24.1 Å². The van der Waals surface area contributed by atoms with Crippen LogP contribution in [0.3, 0.4) is 0 Å². The van der Waals surface area contributed by atoms with E-state index in [2.05, 4.69) is 6.08 Å². The zero-order valence-corrected chi connectivity index (χ0v) is 9.76. The third-order valence-electron chi connectivity index (χ3n) is 3.27. The first kappa shape index (κ1) is 12.2. The van der Waals surface area contributed by atoms with Gasteiger partial charge in [0.2, 0.25) is 0 Å². The van der Waals surface area contributed by atoms with Gasteiger partial charge < -0.3 is 5.73 Å². The van der Waals surface area contributed by atoms with Gasteiger partial charge >= 0.3 is 0 Å². The Morgan fingerprint density at radius 1 is 1.12 bits per heavy atom. The number of nitrogens with two attached hydrogens (primary N) is 1. The second-order valence-electron chi connectivity index (χ2n) is 4.52. The van der Waals surface area contributed by atoms with E-state index < -0.39 is 17.7 Å². The number of rotatable bonds is 2. The molecule has 92 valence electrons. The van der Waals surface area contributed by atoms with Crippen molar-refractivity contribution in [2.75, 3.05) is 0 Å². The molecule has 1 aromatic carbocycles. The van der Waals surface area contributed by atoms with Crippen LogP contribution in [0.15, 0.2) is 29.8 Å². The van der Waals surface area contributed by atoms with Gasteiger partial charge in [0, 0.05) is 11.6 Å². The molecular formula is C14H17F2N. The lowest BCUT2D eigenvalue weighted by Crippen LogP contribution is -2.15. The lowest BCUT2D eigenvalue weighted by atomic mass is 9.95. The van der Waals surface area contributed by atoms with Gasteiger partial charge in [0.25, 0.3) is 0 Å². The molecule has 1 aliphatic rings. The summed E-state index contributed by atoms with van der Waals surface area (Å²) in [5, 5.41) is 0. The van der Waals surface area contributed by atoms with E-state index >= 15 is 0 Å². The Balaban J connectivity index is 2.23. The molecule has 0 aromatic heterocycles. The predicted molar refractivity (Wildman–Crippen MR) is 64.5 cm³/mol. The van der Waals surface area contributed by atoms with Crippen LogP contribution in [0.1, 0.15) is 43.7 Å². The lowest BCUT2D eigenvalue weighted by Gasteiger charge is -2.16. The van der Waals surface area contributed by atoms with E-state index in [0.29, 0.717) is 5.56 Å². The van der Waals surface area contributed by atoms with Gasteiger partial charge in [0.1, 0.15) is 11.6 Å². The van der Waals surface area contributed by atoms with Gasteiger partial charge in [-0.2, -0.15) is 0 Å². The van der Waals surface area contributed by atoms with Crippen molar-refractivity contribution in [2.45, 2.75) is 38.1 Å². The molecule has 1 aromatic rings. The second-order valence-corrected chi connectivity index (χ2v) is 4.52. The summed E-state index contributed by atoms with van der Waals surface area (Å²) >= 11 is 0. The summed E-state index contributed by atoms with van der Waals surface area (Å²) < 4.78 is 26.4. The third kappa shape index (κ3) is 2.91. The van der Waals surface area contributed by atoms with Crippen molar-refractivity contribution in [3.8, 4) is 0 Å². The Hall–Kier alpha value is -1.22. The Labute approximate surface area is 100 Å². The number of allylic oxidation sites excluding steroid dienone is 1. The van der Waals surface area contributed by atoms with Gasteiger partial charge in [0.05, 0.1) is 6.04 Å². The number of hydrogen-bond donors (Lipinski definition) is 1. The highest BCUT2D eigenvalue weighted by molar-refractivity contribution is 5.29. The molecule has 1 unspecified atom stereocenters. The molecule has 0 spiro atoms. The normalized spacial score (nSPS) is 18.4. The van der Waals surface area contributed by atoms with Crippen molar-refractivity contribution in [3.63, 3.8) is 0 Å². The van der Waals surface area contributed by atoms with E-state index in [0.717, 1.165) is 30.9 Å². The smallest absolute Gasteiger partial charge is 0.131 e. The highest BCUT2D eigenvalue weighted by Gasteiger charge is 2.17. The summed E-state index contributed by atoms with van der Waals surface area (Å²) in [6.07, 6.45) is 7.49. The maximum atomic E-state index is 13.6. The molecular weight excluding hydrogens is 220 g/mol. The minimum atomic E-state index is -0.562. The van der Waals surface area contributed by atoms with Crippen LogP contribution in [-0.2, 0) is 0 Å². The van der Waals surface area contributed by atoms with Crippen molar-refractivity contribution < 1.29 is 8.78 Å². The van der Waals surface area contributed by atoms with Crippen LogP contribution in [-0.4, -0.2) is 0 Å². The lowest BCUT2D eigenvalue weighted by molar-refractivity contribution is 0.561. The quantitative estimate of drug-likeness (QED) is 0.777. The van der Waals surface area contributed by atoms with Crippen molar-refractivity contribution in [1.29, 1.82) is 0 Å². The van der Waals surface area contributed by atoms with Crippen molar-refractivity contribution in [2.24, 2.45) is 5.73 Å². The largest absolute Gasteiger partial charge is 0.320 e. The van der Waals surface area contributed by atoms with E-state index in [9.17, 15) is 8.78 Å². The summed E-state index contributed by atoms with van der Waals surface area (Å²) in [7, 11) is 0. The van der Waals surface area contributed by atoms with Crippen LogP contribution >= 0.6 is 0 Å². The van der Waals surface area contributed by atoms with E-state index in [-0.39, 0.29) is 0 Å². The zero-order valence-electron chi connectivity index (χ0n) is 9.76. The minimum Gasteiger partial charge on any atom is -0.320 e. The van der Waals surface area contributed by atoms with Gasteiger partial charge in [-0.3, -0.25) is 0 Å². The number of benzene rings is 1. The maximum Gasteiger partial charge on any atom is 0.131 e. The molecule has 0 radical (unpaired) electrons. The number of halogens is 2. The average molecular weight is 237 g/mol. The Morgan fingerprint density at radius 3 is 2.71 bits per heavy atom. The van der Waals surface area contributed by atoms with E-state index in [1.165, 1.54) is 25.0 Å². The maximum absolute atomic E-state index is 13.6. The highest BCUT2D eigenvalue weighted by atomic mass is 19.1. The van der Waals surface area contributed by atoms with Crippen LogP contribution in [0.5, 0.6) is 0 Å². The molecule has 0 saturated heterocycles. The Bertz CT molecular complexity index is 426. The molecule has 2 rings (SSSR count). The Kier molecular flexibility index (Phi) is 3.89. The molecule has 2 N–H and O–H groups in total. The van der Waals surface area contributed by atoms with Crippen LogP contribution in [0.2, 0.25) is 0 Å². The molecule has 0 aliphatic heterocycles. The Morgan fingerprint density at radius 2 is 1.94 bits per heavy atom. The third-order valence-corrected chi connectivity index (χ3v) is 3.27. The van der Waals surface area contributed by atoms with Crippen LogP contribution in [0, 0.1) is 11.6 Å². The number of hydrogen-bond acceptors (Lipinski definition) is 1. The zero-order chi connectivity index (χ0) is 12.3. The van der Waals surface area contributed by atoms with Crippen molar-refractivity contribution in [3.05, 3.63) is 47.0 Å². The van der Waals surface area contributed by atoms with E-state index in [4.69, 9.17) is 5.73 Å². The molecule has 0 amide bonds. The molecule has 0 heterocycles. The first-order chi connectivity index (χ1) is 8.18. The molecule has 0 saturated carbocycles. The van der Waals surface area contributed by atoms with E-state index in [1.807, 2.05) is 0 Å². The molecule has 0 fully saturated rings. The molecule has 17 heavy (non-hydrogen) atoms. The summed E-state index contributed by atoms with van der Waals surface area (Å²) in [4.78, 5) is 0. The summed E-state index contributed by atoms with van der Waals surface area (Å²) in [6, 6.07) is 3.16. The second kappa shape index (κ2) is 5.41. The SMILES string of the molecule is NC(C1=CCCCCC1)c1ccc(F)cc1F. The average Bonchev–Trinajstić information content (AvgIpc) is 2.56. The highest BCUT2D eigenvalue weighted by Crippen LogP contribution is 2.28. The van der Waals surface area contributed by atoms with E-state index in [1.54, 1.807) is 0 Å². The standard InChI is InChI=1S/C14H17F2N/c15-11-7-8-12(13(16)9-11)14(17)10-5-3-1-2-4-6-10/h5,7-9,14H,1-4,6,17H2. The molecule has 1 nitrogen and oxygen atoms in total. The minimum absolute atomic E-state index is 0.388. The van der Waals surface area contributed by atoms with Crippen molar-refractivity contribution in [1.82, 2.24) is 0 Å². The molecule has 1 aliphatic carbocycles. The summed E-state index contributed by atoms with van der Waals surface area (Å²) in [6.45, 7) is 0. The summed E-state index contributed by atoms with van der Waals surface area (Å²) in [5.41, 5.74) is 7.52. The van der Waals surface area contributed by atoms with Gasteiger partial charge in [-0.05, 0) is 31.7 Å². The topological polar surface area (TPSA) is 26.0 Å². The fourth-order valence-electron chi connectivity index (χ4n) is 2.28. The van der Waals surface area contributed by atoms with Gasteiger partial charge in [-0.15, -0.1) is 0 Å². The molecule has 3 heteroatoms. The van der Waals surface area contributed by atoms with Crippen molar-refractivity contribution >= 4 is 0 Å². The predicted octanol–water partition coefficient (Wildman–Crippen LogP) is 3.86. The fourth-order valence-corrected chi connectivity index (χ4v) is 2.28. The van der Waals surface area contributed by atoms with Crippen LogP contribution in [0.4, 0.5) is 8.78 Å². The summed E-state index contributed by atoms with van der Waals surface area (Å²) in [5.74, 6) is -1.11. The van der Waals surface area contributed by atoms with Crippen LogP contribution in [0.25, 0.3) is 0 Å².